The van der Waals surface area contributed by atoms with Crippen LogP contribution in [-0.2, 0) is 4.74 Å². The summed E-state index contributed by atoms with van der Waals surface area (Å²) in [6, 6.07) is 9.69. The van der Waals surface area contributed by atoms with Gasteiger partial charge in [0.05, 0.1) is 0 Å². The van der Waals surface area contributed by atoms with Gasteiger partial charge in [0.15, 0.2) is 0 Å². The van der Waals surface area contributed by atoms with E-state index in [1.807, 2.05) is 49.4 Å². The highest BCUT2D eigenvalue weighted by molar-refractivity contribution is 5.22. The monoisotopic (exact) mass is 256 g/mol. The van der Waals surface area contributed by atoms with Crippen molar-refractivity contribution in [1.29, 1.82) is 0 Å². The first-order valence-corrected chi connectivity index (χ1v) is 6.22. The standard InChI is InChI=1S/C17H20O2/c1-4-6-11-16(10-5-2)18-14-15(3)19-17-12-8-7-9-13-17/h4-13,15H,1-2,14H2,3H3/b11-6-,16-10+. The minimum absolute atomic E-state index is 0.0345. The molecule has 100 valence electrons. The van der Waals surface area contributed by atoms with Crippen molar-refractivity contribution >= 4 is 0 Å². The van der Waals surface area contributed by atoms with Crippen LogP contribution in [-0.4, -0.2) is 12.7 Å². The summed E-state index contributed by atoms with van der Waals surface area (Å²) in [7, 11) is 0. The molecule has 1 rings (SSSR count). The summed E-state index contributed by atoms with van der Waals surface area (Å²) in [6.07, 6.45) is 8.81. The van der Waals surface area contributed by atoms with E-state index < -0.39 is 0 Å². The molecule has 1 aromatic carbocycles. The first kappa shape index (κ1) is 14.8. The van der Waals surface area contributed by atoms with Gasteiger partial charge in [-0.1, -0.05) is 49.6 Å². The van der Waals surface area contributed by atoms with E-state index in [9.17, 15) is 0 Å². The first-order chi connectivity index (χ1) is 9.26. The number of hydrogen-bond acceptors (Lipinski definition) is 2. The van der Waals surface area contributed by atoms with Gasteiger partial charge in [-0.3, -0.25) is 0 Å². The van der Waals surface area contributed by atoms with Crippen LogP contribution in [0.15, 0.2) is 79.6 Å². The molecule has 0 N–H and O–H groups in total. The molecule has 0 bridgehead atoms. The van der Waals surface area contributed by atoms with Crippen molar-refractivity contribution in [1.82, 2.24) is 0 Å². The lowest BCUT2D eigenvalue weighted by atomic mass is 10.3. The summed E-state index contributed by atoms with van der Waals surface area (Å²) in [5.74, 6) is 1.58. The van der Waals surface area contributed by atoms with Crippen LogP contribution in [0.4, 0.5) is 0 Å². The van der Waals surface area contributed by atoms with E-state index >= 15 is 0 Å². The molecule has 0 fully saturated rings. The molecule has 2 heteroatoms. The van der Waals surface area contributed by atoms with E-state index in [-0.39, 0.29) is 6.10 Å². The van der Waals surface area contributed by atoms with Crippen molar-refractivity contribution in [2.75, 3.05) is 6.61 Å². The molecule has 19 heavy (non-hydrogen) atoms. The Hall–Kier alpha value is -2.22. The number of benzene rings is 1. The second-order valence-electron chi connectivity index (χ2n) is 3.95. The maximum atomic E-state index is 5.73. The lowest BCUT2D eigenvalue weighted by Crippen LogP contribution is -2.18. The van der Waals surface area contributed by atoms with Gasteiger partial charge in [-0.2, -0.15) is 0 Å². The molecule has 0 aromatic heterocycles. The predicted molar refractivity (Wildman–Crippen MR) is 80.1 cm³/mol. The molecule has 0 aliphatic heterocycles. The summed E-state index contributed by atoms with van der Waals surface area (Å²) < 4.78 is 11.4. The van der Waals surface area contributed by atoms with Gasteiger partial charge in [-0.05, 0) is 31.2 Å². The SMILES string of the molecule is C=C/C=C\C(=C/C=C)OCC(C)Oc1ccccc1. The Labute approximate surface area is 115 Å². The molecular weight excluding hydrogens is 236 g/mol. The molecule has 1 aromatic rings. The summed E-state index contributed by atoms with van der Waals surface area (Å²) in [6.45, 7) is 9.72. The van der Waals surface area contributed by atoms with Crippen LogP contribution in [0.1, 0.15) is 6.92 Å². The van der Waals surface area contributed by atoms with Gasteiger partial charge >= 0.3 is 0 Å². The molecule has 1 unspecified atom stereocenters. The van der Waals surface area contributed by atoms with Gasteiger partial charge in [0.25, 0.3) is 0 Å². The number of para-hydroxylation sites is 1. The molecule has 0 aliphatic carbocycles. The fourth-order valence-corrected chi connectivity index (χ4v) is 1.41. The fraction of sp³-hybridized carbons (Fsp3) is 0.176. The van der Waals surface area contributed by atoms with Crippen LogP contribution >= 0.6 is 0 Å². The maximum absolute atomic E-state index is 5.73. The van der Waals surface area contributed by atoms with Crippen LogP contribution < -0.4 is 4.74 Å². The van der Waals surface area contributed by atoms with E-state index in [1.54, 1.807) is 18.2 Å². The Kier molecular flexibility index (Phi) is 6.88. The predicted octanol–water partition coefficient (Wildman–Crippen LogP) is 4.28. The summed E-state index contributed by atoms with van der Waals surface area (Å²) in [5.41, 5.74) is 0. The van der Waals surface area contributed by atoms with Crippen molar-refractivity contribution in [3.05, 3.63) is 79.6 Å². The largest absolute Gasteiger partial charge is 0.490 e. The van der Waals surface area contributed by atoms with E-state index in [0.717, 1.165) is 11.5 Å². The first-order valence-electron chi connectivity index (χ1n) is 6.22. The fourth-order valence-electron chi connectivity index (χ4n) is 1.41. The van der Waals surface area contributed by atoms with Crippen molar-refractivity contribution in [3.8, 4) is 5.75 Å². The minimum Gasteiger partial charge on any atom is -0.490 e. The minimum atomic E-state index is -0.0345. The van der Waals surface area contributed by atoms with E-state index in [4.69, 9.17) is 9.47 Å². The number of ether oxygens (including phenoxy) is 2. The van der Waals surface area contributed by atoms with E-state index in [0.29, 0.717) is 6.61 Å². The van der Waals surface area contributed by atoms with Crippen LogP contribution in [0.5, 0.6) is 5.75 Å². The zero-order valence-electron chi connectivity index (χ0n) is 11.3. The molecule has 0 aliphatic rings. The Balaban J connectivity index is 2.46. The zero-order valence-corrected chi connectivity index (χ0v) is 11.3. The average Bonchev–Trinajstić information content (AvgIpc) is 2.43. The molecule has 2 nitrogen and oxygen atoms in total. The molecular formula is C17H20O2. The molecule has 0 saturated carbocycles. The highest BCUT2D eigenvalue weighted by Crippen LogP contribution is 2.11. The second-order valence-corrected chi connectivity index (χ2v) is 3.95. The lowest BCUT2D eigenvalue weighted by Gasteiger charge is -2.15. The second kappa shape index (κ2) is 8.81. The number of hydrogen-bond donors (Lipinski definition) is 0. The molecule has 1 atom stereocenters. The third-order valence-electron chi connectivity index (χ3n) is 2.24. The topological polar surface area (TPSA) is 18.5 Å². The Morgan fingerprint density at radius 3 is 2.58 bits per heavy atom. The van der Waals surface area contributed by atoms with Gasteiger partial charge < -0.3 is 9.47 Å². The highest BCUT2D eigenvalue weighted by Gasteiger charge is 2.04. The summed E-state index contributed by atoms with van der Waals surface area (Å²) in [5, 5.41) is 0. The summed E-state index contributed by atoms with van der Waals surface area (Å²) >= 11 is 0. The Morgan fingerprint density at radius 2 is 1.95 bits per heavy atom. The van der Waals surface area contributed by atoms with Crippen LogP contribution in [0.3, 0.4) is 0 Å². The molecule has 0 amide bonds. The van der Waals surface area contributed by atoms with Gasteiger partial charge in [0.2, 0.25) is 0 Å². The Bertz CT molecular complexity index is 444. The summed E-state index contributed by atoms with van der Waals surface area (Å²) in [4.78, 5) is 0. The van der Waals surface area contributed by atoms with Crippen LogP contribution in [0.2, 0.25) is 0 Å². The Morgan fingerprint density at radius 1 is 1.21 bits per heavy atom. The van der Waals surface area contributed by atoms with E-state index in [2.05, 4.69) is 13.2 Å². The van der Waals surface area contributed by atoms with Crippen LogP contribution in [0, 0.1) is 0 Å². The molecule has 0 heterocycles. The lowest BCUT2D eigenvalue weighted by molar-refractivity contribution is 0.105. The smallest absolute Gasteiger partial charge is 0.130 e. The van der Waals surface area contributed by atoms with Gasteiger partial charge in [0.1, 0.15) is 24.2 Å². The van der Waals surface area contributed by atoms with Crippen molar-refractivity contribution in [3.63, 3.8) is 0 Å². The number of rotatable bonds is 8. The van der Waals surface area contributed by atoms with Gasteiger partial charge in [0, 0.05) is 0 Å². The van der Waals surface area contributed by atoms with Gasteiger partial charge in [-0.15, -0.1) is 0 Å². The van der Waals surface area contributed by atoms with Crippen molar-refractivity contribution in [2.45, 2.75) is 13.0 Å². The molecule has 0 radical (unpaired) electrons. The maximum Gasteiger partial charge on any atom is 0.130 e. The average molecular weight is 256 g/mol. The zero-order chi connectivity index (χ0) is 13.9. The molecule has 0 saturated heterocycles. The van der Waals surface area contributed by atoms with Crippen LogP contribution in [0.25, 0.3) is 0 Å². The quantitative estimate of drug-likeness (QED) is 0.510. The third kappa shape index (κ3) is 6.32. The molecule has 0 spiro atoms. The van der Waals surface area contributed by atoms with Crippen molar-refractivity contribution < 1.29 is 9.47 Å². The van der Waals surface area contributed by atoms with E-state index in [1.165, 1.54) is 0 Å². The van der Waals surface area contributed by atoms with Gasteiger partial charge in [-0.25, -0.2) is 0 Å². The van der Waals surface area contributed by atoms with Crippen molar-refractivity contribution in [2.24, 2.45) is 0 Å². The number of allylic oxidation sites excluding steroid dienone is 5. The highest BCUT2D eigenvalue weighted by atomic mass is 16.5. The third-order valence-corrected chi connectivity index (χ3v) is 2.24. The normalized spacial score (nSPS) is 13.0.